The summed E-state index contributed by atoms with van der Waals surface area (Å²) in [6.45, 7) is 41.3. The fourth-order valence-corrected chi connectivity index (χ4v) is 13.6. The first-order valence-electron chi connectivity index (χ1n) is 30.5. The summed E-state index contributed by atoms with van der Waals surface area (Å²) in [4.78, 5) is 0. The molecule has 84 heavy (non-hydrogen) atoms. The third-order valence-corrected chi connectivity index (χ3v) is 18.7. The van der Waals surface area contributed by atoms with E-state index in [9.17, 15) is 0 Å². The maximum Gasteiger partial charge on any atom is 0.260 e. The van der Waals surface area contributed by atoms with Crippen LogP contribution in [0, 0.1) is 0 Å². The molecule has 422 valence electrons. The van der Waals surface area contributed by atoms with E-state index in [1.807, 2.05) is 0 Å². The summed E-state index contributed by atoms with van der Waals surface area (Å²) >= 11 is 0. The van der Waals surface area contributed by atoms with Gasteiger partial charge in [0.15, 0.2) is 0 Å². The van der Waals surface area contributed by atoms with Crippen molar-refractivity contribution in [2.45, 2.75) is 157 Å². The number of fused-ring (bicyclic) bond motifs is 13. The third kappa shape index (κ3) is 8.46. The van der Waals surface area contributed by atoms with Crippen molar-refractivity contribution in [2.24, 2.45) is 0 Å². The SMILES string of the molecule is CC(C)(C)c1ccc2c3ccc(C(C)(C)C)cc3n(-c3ccc4c(c3)Oc3cc(-n5c6cc(C(C)(C)C)ccc6c6ccc(C(C)(C)C)cc65)cc5c3B4c3ccc(-n4c6cc(C(C)(C)C)ccc6c6ccc(C(C)(C)C)cc64)cc3O5)c2c1. The van der Waals surface area contributed by atoms with Gasteiger partial charge >= 0.3 is 0 Å². The molecule has 0 fully saturated rings. The molecule has 3 aromatic heterocycles. The Kier molecular flexibility index (Phi) is 11.4. The van der Waals surface area contributed by atoms with E-state index in [1.54, 1.807) is 0 Å². The molecule has 0 unspecified atom stereocenters. The van der Waals surface area contributed by atoms with Crippen molar-refractivity contribution >= 4 is 88.5 Å². The van der Waals surface area contributed by atoms with Crippen molar-refractivity contribution in [3.05, 3.63) is 191 Å². The molecule has 0 N–H and O–H groups in total. The molecule has 0 radical (unpaired) electrons. The second kappa shape index (κ2) is 17.8. The lowest BCUT2D eigenvalue weighted by Crippen LogP contribution is -2.57. The van der Waals surface area contributed by atoms with E-state index in [-0.39, 0.29) is 39.2 Å². The predicted molar refractivity (Wildman–Crippen MR) is 359 cm³/mol. The van der Waals surface area contributed by atoms with Gasteiger partial charge in [-0.15, -0.1) is 0 Å². The highest BCUT2D eigenvalue weighted by atomic mass is 16.5. The van der Waals surface area contributed by atoms with E-state index >= 15 is 0 Å². The summed E-state index contributed by atoms with van der Waals surface area (Å²) in [5.41, 5.74) is 21.0. The van der Waals surface area contributed by atoms with E-state index in [4.69, 9.17) is 9.47 Å². The zero-order valence-corrected chi connectivity index (χ0v) is 52.7. The largest absolute Gasteiger partial charge is 0.458 e. The molecule has 5 nitrogen and oxygen atoms in total. The normalized spacial score (nSPS) is 14.0. The van der Waals surface area contributed by atoms with E-state index < -0.39 is 0 Å². The van der Waals surface area contributed by atoms with Gasteiger partial charge in [-0.05, 0) is 125 Å². The van der Waals surface area contributed by atoms with Crippen LogP contribution in [-0.2, 0) is 32.5 Å². The molecule has 0 spiro atoms. The minimum absolute atomic E-state index is 0.0360. The molecule has 0 amide bonds. The lowest BCUT2D eigenvalue weighted by molar-refractivity contribution is 0.464. The molecule has 6 heteroatoms. The monoisotopic (exact) mass is 1100 g/mol. The molecule has 5 heterocycles. The number of aromatic nitrogens is 3. The van der Waals surface area contributed by atoms with Crippen LogP contribution in [0.5, 0.6) is 23.0 Å². The van der Waals surface area contributed by atoms with Crippen LogP contribution < -0.4 is 25.9 Å². The molecule has 2 aliphatic heterocycles. The Morgan fingerprint density at radius 3 is 0.714 bits per heavy atom. The highest BCUT2D eigenvalue weighted by Gasteiger charge is 2.42. The fraction of sp³-hybridized carbons (Fsp3) is 0.308. The van der Waals surface area contributed by atoms with Crippen LogP contribution in [-0.4, -0.2) is 20.4 Å². The van der Waals surface area contributed by atoms with Crippen LogP contribution in [0.25, 0.3) is 82.5 Å². The van der Waals surface area contributed by atoms with Gasteiger partial charge in [-0.1, -0.05) is 210 Å². The second-order valence-electron chi connectivity index (χ2n) is 30.8. The molecule has 0 saturated carbocycles. The number of hydrogen-bond acceptors (Lipinski definition) is 2. The summed E-state index contributed by atoms with van der Waals surface area (Å²) in [5, 5.41) is 7.42. The summed E-state index contributed by atoms with van der Waals surface area (Å²) < 4.78 is 22.5. The lowest BCUT2D eigenvalue weighted by atomic mass is 9.35. The van der Waals surface area contributed by atoms with Crippen molar-refractivity contribution in [2.75, 3.05) is 0 Å². The first-order valence-corrected chi connectivity index (χ1v) is 30.5. The van der Waals surface area contributed by atoms with Crippen LogP contribution in [0.2, 0.25) is 0 Å². The topological polar surface area (TPSA) is 33.2 Å². The average molecular weight is 1100 g/mol. The number of ether oxygens (including phenoxy) is 2. The smallest absolute Gasteiger partial charge is 0.260 e. The van der Waals surface area contributed by atoms with Crippen molar-refractivity contribution in [3.8, 4) is 40.1 Å². The highest BCUT2D eigenvalue weighted by molar-refractivity contribution is 6.98. The van der Waals surface area contributed by atoms with Gasteiger partial charge in [-0.25, -0.2) is 0 Å². The summed E-state index contributed by atoms with van der Waals surface area (Å²) in [6.07, 6.45) is 0. The number of nitrogens with zero attached hydrogens (tertiary/aromatic N) is 3. The Bertz CT molecular complexity index is 4340. The van der Waals surface area contributed by atoms with Crippen molar-refractivity contribution < 1.29 is 9.47 Å². The highest BCUT2D eigenvalue weighted by Crippen LogP contribution is 2.45. The summed E-state index contributed by atoms with van der Waals surface area (Å²) in [5.74, 6) is 3.30. The van der Waals surface area contributed by atoms with E-state index in [0.29, 0.717) is 0 Å². The van der Waals surface area contributed by atoms with Crippen LogP contribution in [0.1, 0.15) is 158 Å². The van der Waals surface area contributed by atoms with Gasteiger partial charge in [-0.2, -0.15) is 0 Å². The Morgan fingerprint density at radius 1 is 0.250 bits per heavy atom. The lowest BCUT2D eigenvalue weighted by Gasteiger charge is -2.34. The molecular formula is C78H80BN3O2. The zero-order chi connectivity index (χ0) is 59.3. The molecule has 12 aromatic rings. The zero-order valence-electron chi connectivity index (χ0n) is 52.7. The maximum absolute atomic E-state index is 7.52. The number of benzene rings is 9. The molecule has 2 aliphatic rings. The van der Waals surface area contributed by atoms with Crippen molar-refractivity contribution in [1.29, 1.82) is 0 Å². The predicted octanol–water partition coefficient (Wildman–Crippen LogP) is 19.5. The Balaban J connectivity index is 1.04. The van der Waals surface area contributed by atoms with E-state index in [1.165, 1.54) is 87.8 Å². The Labute approximate surface area is 497 Å². The molecule has 0 atom stereocenters. The molecule has 0 aliphatic carbocycles. The minimum atomic E-state index is -0.172. The van der Waals surface area contributed by atoms with Crippen LogP contribution >= 0.6 is 0 Å². The molecule has 14 rings (SSSR count). The third-order valence-electron chi connectivity index (χ3n) is 18.7. The molecular weight excluding hydrogens is 1020 g/mol. The van der Waals surface area contributed by atoms with Gasteiger partial charge in [0.1, 0.15) is 23.0 Å². The van der Waals surface area contributed by atoms with Crippen LogP contribution in [0.3, 0.4) is 0 Å². The first-order chi connectivity index (χ1) is 39.4. The quantitative estimate of drug-likeness (QED) is 0.165. The fourth-order valence-electron chi connectivity index (χ4n) is 13.6. The van der Waals surface area contributed by atoms with Gasteiger partial charge < -0.3 is 23.2 Å². The van der Waals surface area contributed by atoms with E-state index in [2.05, 4.69) is 296 Å². The summed E-state index contributed by atoms with van der Waals surface area (Å²) in [7, 11) is 0. The van der Waals surface area contributed by atoms with Gasteiger partial charge in [0, 0.05) is 73.4 Å². The first kappa shape index (κ1) is 54.0. The van der Waals surface area contributed by atoms with Gasteiger partial charge in [0.05, 0.1) is 38.8 Å². The number of hydrogen-bond donors (Lipinski definition) is 0. The Morgan fingerprint density at radius 2 is 0.476 bits per heavy atom. The molecule has 9 aromatic carbocycles. The van der Waals surface area contributed by atoms with Crippen molar-refractivity contribution in [1.82, 2.24) is 13.7 Å². The second-order valence-corrected chi connectivity index (χ2v) is 30.8. The van der Waals surface area contributed by atoms with Gasteiger partial charge in [0.25, 0.3) is 6.71 Å². The van der Waals surface area contributed by atoms with Gasteiger partial charge in [0.2, 0.25) is 0 Å². The van der Waals surface area contributed by atoms with Crippen LogP contribution in [0.4, 0.5) is 0 Å². The van der Waals surface area contributed by atoms with E-state index in [0.717, 1.165) is 67.5 Å². The maximum atomic E-state index is 7.52. The average Bonchev–Trinajstić information content (AvgIpc) is 1.67. The minimum Gasteiger partial charge on any atom is -0.458 e. The molecule has 0 bridgehead atoms. The van der Waals surface area contributed by atoms with Crippen LogP contribution in [0.15, 0.2) is 158 Å². The van der Waals surface area contributed by atoms with Gasteiger partial charge in [-0.3, -0.25) is 0 Å². The summed E-state index contributed by atoms with van der Waals surface area (Å²) in [6, 6.07) is 60.9. The number of rotatable bonds is 3. The van der Waals surface area contributed by atoms with Crippen molar-refractivity contribution in [3.63, 3.8) is 0 Å². The standard InChI is InChI=1S/C78H80BN3O2/c1-73(2,3)45-19-27-54-55-28-20-46(74(4,5)6)36-63(55)80(62(54)35-45)51-25-33-60-68(41-51)83-70-43-53(82-66-39-49(77(13,14)15)23-31-58(66)59-32-24-50(40-67(59)82)78(16,17)18)44-71-72(70)79(60)61-34-26-52(42-69(61)84-71)81-64-37-47(75(7,8)9)21-29-56(64)57-30-22-48(38-65(57)81)76(10,11)12/h19-44H,1-18H3. The molecule has 0 saturated heterocycles. The Hall–Kier alpha value is -7.96.